The highest BCUT2D eigenvalue weighted by molar-refractivity contribution is 6.31. The van der Waals surface area contributed by atoms with Crippen molar-refractivity contribution < 1.29 is 4.39 Å². The number of nitrogens with one attached hydrogen (secondary N) is 1. The molecular weight excluding hydrogens is 285 g/mol. The van der Waals surface area contributed by atoms with Gasteiger partial charge in [-0.2, -0.15) is 0 Å². The van der Waals surface area contributed by atoms with Crippen LogP contribution >= 0.6 is 11.6 Å². The fourth-order valence-electron chi connectivity index (χ4n) is 3.40. The van der Waals surface area contributed by atoms with Crippen molar-refractivity contribution in [3.05, 3.63) is 34.6 Å². The first-order valence-electron chi connectivity index (χ1n) is 8.23. The first-order valence-corrected chi connectivity index (χ1v) is 8.61. The minimum absolute atomic E-state index is 0.249. The van der Waals surface area contributed by atoms with Crippen molar-refractivity contribution in [2.45, 2.75) is 51.9 Å². The van der Waals surface area contributed by atoms with E-state index < -0.39 is 0 Å². The number of rotatable bonds is 6. The highest BCUT2D eigenvalue weighted by Crippen LogP contribution is 2.38. The zero-order valence-electron chi connectivity index (χ0n) is 13.2. The Morgan fingerprint density at radius 3 is 2.52 bits per heavy atom. The molecule has 1 N–H and O–H groups in total. The minimum Gasteiger partial charge on any atom is -0.316 e. The summed E-state index contributed by atoms with van der Waals surface area (Å²) in [6.07, 6.45) is 6.50. The molecular formula is C18H27ClFN. The Labute approximate surface area is 133 Å². The van der Waals surface area contributed by atoms with Crippen molar-refractivity contribution in [1.29, 1.82) is 0 Å². The van der Waals surface area contributed by atoms with Gasteiger partial charge in [0, 0.05) is 17.5 Å². The Morgan fingerprint density at radius 2 is 1.90 bits per heavy atom. The number of benzene rings is 1. The molecule has 2 rings (SSSR count). The molecule has 0 aromatic heterocycles. The second kappa shape index (κ2) is 8.14. The van der Waals surface area contributed by atoms with Crippen molar-refractivity contribution in [3.8, 4) is 0 Å². The topological polar surface area (TPSA) is 12.0 Å². The van der Waals surface area contributed by atoms with Crippen LogP contribution in [0.3, 0.4) is 0 Å². The molecule has 0 spiro atoms. The van der Waals surface area contributed by atoms with Crippen molar-refractivity contribution in [2.75, 3.05) is 13.1 Å². The lowest BCUT2D eigenvalue weighted by Gasteiger charge is -2.31. The average molecular weight is 312 g/mol. The number of halogens is 2. The van der Waals surface area contributed by atoms with Crippen LogP contribution in [0.4, 0.5) is 4.39 Å². The van der Waals surface area contributed by atoms with Crippen LogP contribution in [0.5, 0.6) is 0 Å². The molecule has 3 heteroatoms. The predicted octanol–water partition coefficient (Wildman–Crippen LogP) is 5.39. The molecule has 1 fully saturated rings. The molecule has 1 aliphatic rings. The summed E-state index contributed by atoms with van der Waals surface area (Å²) >= 11 is 6.32. The van der Waals surface area contributed by atoms with E-state index in [4.69, 9.17) is 11.6 Å². The van der Waals surface area contributed by atoms with Gasteiger partial charge < -0.3 is 5.32 Å². The van der Waals surface area contributed by atoms with Crippen molar-refractivity contribution >= 4 is 11.6 Å². The molecule has 21 heavy (non-hydrogen) atoms. The average Bonchev–Trinajstić information content (AvgIpc) is 2.45. The molecule has 1 saturated carbocycles. The van der Waals surface area contributed by atoms with Crippen LogP contribution in [-0.4, -0.2) is 13.1 Å². The van der Waals surface area contributed by atoms with Crippen LogP contribution in [-0.2, 0) is 0 Å². The molecule has 1 aliphatic carbocycles. The lowest BCUT2D eigenvalue weighted by molar-refractivity contribution is 0.294. The summed E-state index contributed by atoms with van der Waals surface area (Å²) in [5, 5.41) is 4.15. The molecule has 118 valence electrons. The Kier molecular flexibility index (Phi) is 6.50. The zero-order chi connectivity index (χ0) is 15.2. The van der Waals surface area contributed by atoms with E-state index in [1.807, 2.05) is 6.07 Å². The maximum absolute atomic E-state index is 13.3. The lowest BCUT2D eigenvalue weighted by atomic mass is 9.76. The third-order valence-corrected chi connectivity index (χ3v) is 4.82. The summed E-state index contributed by atoms with van der Waals surface area (Å²) in [5.74, 6) is 1.46. The van der Waals surface area contributed by atoms with Gasteiger partial charge in [0.15, 0.2) is 0 Å². The Hall–Kier alpha value is -0.600. The Bertz CT molecular complexity index is 441. The molecule has 1 atom stereocenters. The highest BCUT2D eigenvalue weighted by Gasteiger charge is 2.26. The van der Waals surface area contributed by atoms with Crippen LogP contribution in [0.15, 0.2) is 18.2 Å². The van der Waals surface area contributed by atoms with Crippen molar-refractivity contribution in [2.24, 2.45) is 11.8 Å². The van der Waals surface area contributed by atoms with Gasteiger partial charge in [0.2, 0.25) is 0 Å². The van der Waals surface area contributed by atoms with Crippen LogP contribution in [0.25, 0.3) is 0 Å². The van der Waals surface area contributed by atoms with Crippen LogP contribution in [0.2, 0.25) is 5.02 Å². The summed E-state index contributed by atoms with van der Waals surface area (Å²) in [5.41, 5.74) is 1.11. The van der Waals surface area contributed by atoms with Gasteiger partial charge >= 0.3 is 0 Å². The van der Waals surface area contributed by atoms with Crippen LogP contribution in [0.1, 0.15) is 57.4 Å². The molecule has 0 amide bonds. The van der Waals surface area contributed by atoms with Gasteiger partial charge in [-0.25, -0.2) is 4.39 Å². The van der Waals surface area contributed by atoms with Gasteiger partial charge in [-0.1, -0.05) is 50.8 Å². The van der Waals surface area contributed by atoms with E-state index in [1.54, 1.807) is 6.07 Å². The van der Waals surface area contributed by atoms with Crippen molar-refractivity contribution in [1.82, 2.24) is 5.32 Å². The van der Waals surface area contributed by atoms with E-state index in [9.17, 15) is 4.39 Å². The summed E-state index contributed by atoms with van der Waals surface area (Å²) in [4.78, 5) is 0. The number of hydrogen-bond acceptors (Lipinski definition) is 1. The fourth-order valence-corrected chi connectivity index (χ4v) is 3.70. The van der Waals surface area contributed by atoms with Gasteiger partial charge in [0.05, 0.1) is 0 Å². The molecule has 0 bridgehead atoms. The SMILES string of the molecule is CC(C)CNCC(c1ccc(F)cc1Cl)C1CCCCC1. The van der Waals surface area contributed by atoms with Crippen LogP contribution in [0, 0.1) is 17.7 Å². The molecule has 1 aromatic carbocycles. The first kappa shape index (κ1) is 16.8. The molecule has 0 heterocycles. The van der Waals surface area contributed by atoms with E-state index in [1.165, 1.54) is 38.2 Å². The zero-order valence-corrected chi connectivity index (χ0v) is 13.9. The maximum atomic E-state index is 13.3. The third-order valence-electron chi connectivity index (χ3n) is 4.50. The predicted molar refractivity (Wildman–Crippen MR) is 88.4 cm³/mol. The minimum atomic E-state index is -0.249. The lowest BCUT2D eigenvalue weighted by Crippen LogP contribution is -2.30. The van der Waals surface area contributed by atoms with Gasteiger partial charge in [-0.05, 0) is 48.9 Å². The van der Waals surface area contributed by atoms with Gasteiger partial charge in [-0.3, -0.25) is 0 Å². The molecule has 0 saturated heterocycles. The molecule has 1 nitrogen and oxygen atoms in total. The van der Waals surface area contributed by atoms with Crippen LogP contribution < -0.4 is 5.32 Å². The maximum Gasteiger partial charge on any atom is 0.124 e. The molecule has 1 unspecified atom stereocenters. The summed E-state index contributed by atoms with van der Waals surface area (Å²) < 4.78 is 13.3. The summed E-state index contributed by atoms with van der Waals surface area (Å²) in [7, 11) is 0. The van der Waals surface area contributed by atoms with E-state index in [0.717, 1.165) is 18.7 Å². The third kappa shape index (κ3) is 4.96. The second-order valence-electron chi connectivity index (χ2n) is 6.72. The van der Waals surface area contributed by atoms with Crippen molar-refractivity contribution in [3.63, 3.8) is 0 Å². The Morgan fingerprint density at radius 1 is 1.19 bits per heavy atom. The molecule has 0 radical (unpaired) electrons. The standard InChI is InChI=1S/C18H27ClFN/c1-13(2)11-21-12-17(14-6-4-3-5-7-14)16-9-8-15(20)10-18(16)19/h8-10,13-14,17,21H,3-7,11-12H2,1-2H3. The summed E-state index contributed by atoms with van der Waals surface area (Å²) in [6, 6.07) is 4.88. The second-order valence-corrected chi connectivity index (χ2v) is 7.13. The normalized spacial score (nSPS) is 18.1. The smallest absolute Gasteiger partial charge is 0.124 e. The number of hydrogen-bond donors (Lipinski definition) is 1. The van der Waals surface area contributed by atoms with Gasteiger partial charge in [0.25, 0.3) is 0 Å². The van der Waals surface area contributed by atoms with Gasteiger partial charge in [-0.15, -0.1) is 0 Å². The summed E-state index contributed by atoms with van der Waals surface area (Å²) in [6.45, 7) is 6.39. The van der Waals surface area contributed by atoms with E-state index in [2.05, 4.69) is 19.2 Å². The van der Waals surface area contributed by atoms with Gasteiger partial charge in [0.1, 0.15) is 5.82 Å². The van der Waals surface area contributed by atoms with E-state index in [-0.39, 0.29) is 5.82 Å². The quantitative estimate of drug-likeness (QED) is 0.743. The fraction of sp³-hybridized carbons (Fsp3) is 0.667. The van der Waals surface area contributed by atoms with E-state index in [0.29, 0.717) is 22.8 Å². The monoisotopic (exact) mass is 311 g/mol. The highest BCUT2D eigenvalue weighted by atomic mass is 35.5. The largest absolute Gasteiger partial charge is 0.316 e. The Balaban J connectivity index is 2.13. The van der Waals surface area contributed by atoms with E-state index >= 15 is 0 Å². The first-order chi connectivity index (χ1) is 10.1. The molecule has 0 aliphatic heterocycles. The molecule has 1 aromatic rings.